The average molecular weight is 380 g/mol. The lowest BCUT2D eigenvalue weighted by atomic mass is 9.98. The number of benzene rings is 2. The van der Waals surface area contributed by atoms with Crippen LogP contribution in [0.25, 0.3) is 0 Å². The molecule has 2 N–H and O–H groups in total. The van der Waals surface area contributed by atoms with E-state index in [1.165, 1.54) is 0 Å². The lowest BCUT2D eigenvalue weighted by Gasteiger charge is -2.20. The smallest absolute Gasteiger partial charge is 0.305 e. The molecule has 0 radical (unpaired) electrons. The topological polar surface area (TPSA) is 86.7 Å². The van der Waals surface area contributed by atoms with Crippen LogP contribution in [0.15, 0.2) is 48.5 Å². The summed E-state index contributed by atoms with van der Waals surface area (Å²) in [7, 11) is 0. The van der Waals surface area contributed by atoms with E-state index in [4.69, 9.17) is 0 Å². The molecule has 3 rings (SSSR count). The summed E-state index contributed by atoms with van der Waals surface area (Å²) < 4.78 is 0. The first kappa shape index (κ1) is 19.6. The second-order valence-electron chi connectivity index (χ2n) is 7.10. The van der Waals surface area contributed by atoms with Gasteiger partial charge in [0.2, 0.25) is 5.91 Å². The molecule has 1 unspecified atom stereocenters. The van der Waals surface area contributed by atoms with Crippen LogP contribution in [0.4, 0.5) is 0 Å². The summed E-state index contributed by atoms with van der Waals surface area (Å²) in [5, 5.41) is 12.1. The number of nitrogens with one attached hydrogen (secondary N) is 1. The fraction of sp³-hybridized carbons (Fsp3) is 0.318. The molecule has 0 bridgehead atoms. The van der Waals surface area contributed by atoms with Gasteiger partial charge in [-0.25, -0.2) is 0 Å². The molecule has 1 saturated heterocycles. The monoisotopic (exact) mass is 380 g/mol. The minimum Gasteiger partial charge on any atom is -0.481 e. The highest BCUT2D eigenvalue weighted by atomic mass is 16.4. The van der Waals surface area contributed by atoms with Crippen molar-refractivity contribution in [2.75, 3.05) is 6.54 Å². The molecule has 1 fully saturated rings. The number of amides is 2. The van der Waals surface area contributed by atoms with E-state index in [0.29, 0.717) is 18.5 Å². The van der Waals surface area contributed by atoms with Crippen LogP contribution in [0.2, 0.25) is 0 Å². The molecular formula is C22H24N2O4. The fourth-order valence-electron chi connectivity index (χ4n) is 3.54. The molecule has 2 aromatic carbocycles. The van der Waals surface area contributed by atoms with Gasteiger partial charge in [-0.2, -0.15) is 0 Å². The van der Waals surface area contributed by atoms with Crippen molar-refractivity contribution in [2.45, 2.75) is 38.8 Å². The zero-order valence-electron chi connectivity index (χ0n) is 15.9. The predicted molar refractivity (Wildman–Crippen MR) is 105 cm³/mol. The number of likely N-dealkylation sites (tertiary alicyclic amines) is 1. The molecule has 146 valence electrons. The van der Waals surface area contributed by atoms with Crippen molar-refractivity contribution in [1.82, 2.24) is 10.2 Å². The Morgan fingerprint density at radius 2 is 1.96 bits per heavy atom. The third kappa shape index (κ3) is 4.76. The van der Waals surface area contributed by atoms with Crippen LogP contribution >= 0.6 is 0 Å². The van der Waals surface area contributed by atoms with Crippen LogP contribution in [0.5, 0.6) is 0 Å². The number of carboxylic acids is 1. The number of carboxylic acid groups (broad SMARTS) is 1. The highest BCUT2D eigenvalue weighted by molar-refractivity contribution is 5.95. The summed E-state index contributed by atoms with van der Waals surface area (Å²) in [6.45, 7) is 3.11. The number of carbonyl (C=O) groups excluding carboxylic acids is 2. The van der Waals surface area contributed by atoms with Crippen molar-refractivity contribution in [3.63, 3.8) is 0 Å². The van der Waals surface area contributed by atoms with E-state index in [-0.39, 0.29) is 18.2 Å². The van der Waals surface area contributed by atoms with Gasteiger partial charge < -0.3 is 15.3 Å². The van der Waals surface area contributed by atoms with Gasteiger partial charge in [0.15, 0.2) is 0 Å². The predicted octanol–water partition coefficient (Wildman–Crippen LogP) is 3.06. The Balaban J connectivity index is 1.76. The van der Waals surface area contributed by atoms with E-state index < -0.39 is 12.0 Å². The van der Waals surface area contributed by atoms with E-state index >= 15 is 0 Å². The Labute approximate surface area is 164 Å². The molecule has 1 atom stereocenters. The summed E-state index contributed by atoms with van der Waals surface area (Å²) >= 11 is 0. The Morgan fingerprint density at radius 3 is 2.64 bits per heavy atom. The van der Waals surface area contributed by atoms with Crippen molar-refractivity contribution in [2.24, 2.45) is 0 Å². The molecule has 0 spiro atoms. The van der Waals surface area contributed by atoms with Gasteiger partial charge in [0.1, 0.15) is 0 Å². The Hall–Kier alpha value is -3.15. The summed E-state index contributed by atoms with van der Waals surface area (Å²) in [4.78, 5) is 37.7. The van der Waals surface area contributed by atoms with Crippen LogP contribution in [0, 0.1) is 6.92 Å². The minimum absolute atomic E-state index is 0.135. The highest BCUT2D eigenvalue weighted by Crippen LogP contribution is 2.22. The molecule has 0 saturated carbocycles. The number of carbonyl (C=O) groups is 3. The number of aliphatic carboxylic acids is 1. The molecule has 0 aromatic heterocycles. The van der Waals surface area contributed by atoms with Crippen LogP contribution in [-0.4, -0.2) is 34.3 Å². The molecule has 1 heterocycles. The van der Waals surface area contributed by atoms with E-state index in [1.807, 2.05) is 37.3 Å². The van der Waals surface area contributed by atoms with Crippen molar-refractivity contribution in [3.8, 4) is 0 Å². The van der Waals surface area contributed by atoms with Crippen molar-refractivity contribution >= 4 is 17.8 Å². The summed E-state index contributed by atoms with van der Waals surface area (Å²) in [5.41, 5.74) is 3.05. The second kappa shape index (κ2) is 8.69. The number of hydrogen-bond donors (Lipinski definition) is 2. The van der Waals surface area contributed by atoms with Crippen LogP contribution in [-0.2, 0) is 16.1 Å². The molecular weight excluding hydrogens is 356 g/mol. The summed E-state index contributed by atoms with van der Waals surface area (Å²) in [6, 6.07) is 13.9. The molecule has 0 aliphatic carbocycles. The Bertz CT molecular complexity index is 894. The standard InChI is InChI=1S/C22H24N2O4/c1-15-6-2-3-9-18(15)19(13-21(26)27)23-22(28)17-8-4-7-16(12-17)14-24-11-5-10-20(24)25/h2-4,6-9,12,19H,5,10-11,13-14H2,1H3,(H,23,28)(H,26,27). The maximum Gasteiger partial charge on any atom is 0.305 e. The van der Waals surface area contributed by atoms with Crippen LogP contribution < -0.4 is 5.32 Å². The number of hydrogen-bond acceptors (Lipinski definition) is 3. The maximum absolute atomic E-state index is 12.8. The van der Waals surface area contributed by atoms with E-state index in [0.717, 1.165) is 29.7 Å². The zero-order chi connectivity index (χ0) is 20.1. The third-order valence-corrected chi connectivity index (χ3v) is 4.98. The van der Waals surface area contributed by atoms with Gasteiger partial charge in [-0.05, 0) is 42.2 Å². The fourth-order valence-corrected chi connectivity index (χ4v) is 3.54. The normalized spacial score (nSPS) is 14.8. The zero-order valence-corrected chi connectivity index (χ0v) is 15.9. The number of aryl methyl sites for hydroxylation is 1. The van der Waals surface area contributed by atoms with E-state index in [1.54, 1.807) is 23.1 Å². The van der Waals surface area contributed by atoms with Crippen LogP contribution in [0.3, 0.4) is 0 Å². The maximum atomic E-state index is 12.8. The van der Waals surface area contributed by atoms with Gasteiger partial charge >= 0.3 is 5.97 Å². The molecule has 1 aliphatic heterocycles. The van der Waals surface area contributed by atoms with Crippen molar-refractivity contribution in [3.05, 3.63) is 70.8 Å². The minimum atomic E-state index is -0.977. The van der Waals surface area contributed by atoms with Crippen molar-refractivity contribution < 1.29 is 19.5 Å². The summed E-state index contributed by atoms with van der Waals surface area (Å²) in [5.74, 6) is -1.17. The third-order valence-electron chi connectivity index (χ3n) is 4.98. The average Bonchev–Trinajstić information content (AvgIpc) is 3.06. The van der Waals surface area contributed by atoms with Gasteiger partial charge in [-0.3, -0.25) is 14.4 Å². The first-order chi connectivity index (χ1) is 13.4. The highest BCUT2D eigenvalue weighted by Gasteiger charge is 2.22. The molecule has 2 amide bonds. The molecule has 2 aromatic rings. The van der Waals surface area contributed by atoms with Gasteiger partial charge in [0.25, 0.3) is 5.91 Å². The Morgan fingerprint density at radius 1 is 1.18 bits per heavy atom. The van der Waals surface area contributed by atoms with E-state index in [9.17, 15) is 19.5 Å². The number of rotatable bonds is 7. The van der Waals surface area contributed by atoms with Gasteiger partial charge in [0.05, 0.1) is 12.5 Å². The quantitative estimate of drug-likeness (QED) is 0.773. The number of nitrogens with zero attached hydrogens (tertiary/aromatic N) is 1. The molecule has 6 heteroatoms. The van der Waals surface area contributed by atoms with Gasteiger partial charge in [-0.15, -0.1) is 0 Å². The molecule has 28 heavy (non-hydrogen) atoms. The van der Waals surface area contributed by atoms with E-state index in [2.05, 4.69) is 5.32 Å². The Kier molecular flexibility index (Phi) is 6.09. The lowest BCUT2D eigenvalue weighted by Crippen LogP contribution is -2.31. The van der Waals surface area contributed by atoms with Crippen molar-refractivity contribution in [1.29, 1.82) is 0 Å². The van der Waals surface area contributed by atoms with Gasteiger partial charge in [0, 0.05) is 25.1 Å². The SMILES string of the molecule is Cc1ccccc1C(CC(=O)O)NC(=O)c1cccc(CN2CCCC2=O)c1. The summed E-state index contributed by atoms with van der Waals surface area (Å²) in [6.07, 6.45) is 1.25. The largest absolute Gasteiger partial charge is 0.481 e. The molecule has 1 aliphatic rings. The second-order valence-corrected chi connectivity index (χ2v) is 7.10. The van der Waals surface area contributed by atoms with Gasteiger partial charge in [-0.1, -0.05) is 36.4 Å². The molecule has 6 nitrogen and oxygen atoms in total. The van der Waals surface area contributed by atoms with Crippen LogP contribution in [0.1, 0.15) is 52.4 Å². The first-order valence-corrected chi connectivity index (χ1v) is 9.39. The lowest BCUT2D eigenvalue weighted by molar-refractivity contribution is -0.137. The first-order valence-electron chi connectivity index (χ1n) is 9.39.